The van der Waals surface area contributed by atoms with Crippen molar-refractivity contribution in [2.24, 2.45) is 0 Å². The number of nitrogens with zero attached hydrogens (tertiary/aromatic N) is 3. The van der Waals surface area contributed by atoms with E-state index in [0.29, 0.717) is 32.6 Å². The summed E-state index contributed by atoms with van der Waals surface area (Å²) in [5, 5.41) is 13.7. The molecule has 148 valence electrons. The van der Waals surface area contributed by atoms with Crippen LogP contribution in [0.2, 0.25) is 0 Å². The highest BCUT2D eigenvalue weighted by atomic mass is 16.3. The van der Waals surface area contributed by atoms with E-state index in [2.05, 4.69) is 41.3 Å². The minimum atomic E-state index is -0.826. The van der Waals surface area contributed by atoms with Crippen LogP contribution in [0.3, 0.4) is 0 Å². The number of carbonyl (C=O) groups excluding carboxylic acids is 1. The molecule has 0 aliphatic carbocycles. The first kappa shape index (κ1) is 19.6. The van der Waals surface area contributed by atoms with Crippen LogP contribution in [0.1, 0.15) is 29.8 Å². The second-order valence-electron chi connectivity index (χ2n) is 8.11. The number of fused-ring (bicyclic) bond motifs is 1. The summed E-state index contributed by atoms with van der Waals surface area (Å²) < 4.78 is 0. The summed E-state index contributed by atoms with van der Waals surface area (Å²) in [7, 11) is 3.88. The van der Waals surface area contributed by atoms with Crippen LogP contribution >= 0.6 is 0 Å². The summed E-state index contributed by atoms with van der Waals surface area (Å²) >= 11 is 0. The van der Waals surface area contributed by atoms with E-state index in [9.17, 15) is 9.90 Å². The van der Waals surface area contributed by atoms with Crippen LogP contribution in [0.4, 0.5) is 4.79 Å². The number of amides is 2. The maximum Gasteiger partial charge on any atom is 0.317 e. The molecule has 0 bridgehead atoms. The predicted octanol–water partition coefficient (Wildman–Crippen LogP) is 1.82. The average molecular weight is 374 g/mol. The molecule has 1 aliphatic heterocycles. The van der Waals surface area contributed by atoms with Gasteiger partial charge in [-0.25, -0.2) is 9.78 Å². The number of benzene rings is 1. The predicted molar refractivity (Wildman–Crippen MR) is 107 cm³/mol. The topological polar surface area (TPSA) is 84.5 Å². The molecule has 7 heteroatoms. The third-order valence-electron chi connectivity index (χ3n) is 5.24. The molecule has 2 heterocycles. The fourth-order valence-electron chi connectivity index (χ4n) is 3.84. The Bertz CT molecular complexity index is 777. The number of urea groups is 1. The molecule has 1 aromatic heterocycles. The molecule has 3 N–H and O–H groups in total. The summed E-state index contributed by atoms with van der Waals surface area (Å²) in [5.41, 5.74) is 3.63. The van der Waals surface area contributed by atoms with Gasteiger partial charge < -0.3 is 25.2 Å². The summed E-state index contributed by atoms with van der Waals surface area (Å²) in [4.78, 5) is 24.1. The number of H-pyrrole nitrogens is 1. The largest absolute Gasteiger partial charge is 0.387 e. The molecule has 1 aliphatic rings. The smallest absolute Gasteiger partial charge is 0.317 e. The summed E-state index contributed by atoms with van der Waals surface area (Å²) in [5.74, 6) is 0.873. The number of aromatic nitrogens is 2. The van der Waals surface area contributed by atoms with Gasteiger partial charge in [0, 0.05) is 26.1 Å². The van der Waals surface area contributed by atoms with Gasteiger partial charge in [-0.15, -0.1) is 0 Å². The molecular weight excluding hydrogens is 342 g/mol. The number of piperidine rings is 1. The molecule has 3 rings (SSSR count). The van der Waals surface area contributed by atoms with Gasteiger partial charge in [0.15, 0.2) is 0 Å². The number of likely N-dealkylation sites (tertiary alicyclic amines) is 1. The highest BCUT2D eigenvalue weighted by Gasteiger charge is 2.35. The van der Waals surface area contributed by atoms with E-state index in [1.165, 1.54) is 11.1 Å². The van der Waals surface area contributed by atoms with E-state index < -0.39 is 5.60 Å². The molecular formula is C20H31N5O2. The Hall–Kier alpha value is -2.12. The van der Waals surface area contributed by atoms with Crippen LogP contribution in [-0.2, 0) is 6.42 Å². The Morgan fingerprint density at radius 2 is 2.11 bits per heavy atom. The molecule has 1 saturated heterocycles. The number of aryl methyl sites for hydroxylation is 2. The van der Waals surface area contributed by atoms with Crippen molar-refractivity contribution in [3.05, 3.63) is 29.1 Å². The van der Waals surface area contributed by atoms with Gasteiger partial charge in [-0.05, 0) is 64.0 Å². The number of hydrogen-bond acceptors (Lipinski definition) is 4. The number of hydrogen-bond donors (Lipinski definition) is 3. The van der Waals surface area contributed by atoms with Crippen molar-refractivity contribution in [3.8, 4) is 0 Å². The summed E-state index contributed by atoms with van der Waals surface area (Å²) in [6.45, 7) is 6.31. The van der Waals surface area contributed by atoms with Crippen molar-refractivity contribution in [3.63, 3.8) is 0 Å². The molecule has 1 aromatic carbocycles. The standard InChI is InChI=1S/C20H31N5O2/c1-14-10-16-17(11-15(14)2)23-18(22-16)6-8-21-19(26)25-9-5-7-20(27,13-25)12-24(3)4/h10-11,27H,5-9,12-13H2,1-4H3,(H,21,26)(H,22,23)/t20-/m0/s1. The highest BCUT2D eigenvalue weighted by molar-refractivity contribution is 5.77. The average Bonchev–Trinajstić information content (AvgIpc) is 2.95. The van der Waals surface area contributed by atoms with Crippen molar-refractivity contribution >= 4 is 17.1 Å². The first-order valence-corrected chi connectivity index (χ1v) is 9.61. The lowest BCUT2D eigenvalue weighted by molar-refractivity contribution is -0.0346. The first-order chi connectivity index (χ1) is 12.8. The monoisotopic (exact) mass is 373 g/mol. The van der Waals surface area contributed by atoms with Gasteiger partial charge in [0.1, 0.15) is 5.82 Å². The number of aromatic amines is 1. The Kier molecular flexibility index (Phi) is 5.72. The van der Waals surface area contributed by atoms with Crippen LogP contribution in [0.5, 0.6) is 0 Å². The number of rotatable bonds is 5. The van der Waals surface area contributed by atoms with Crippen molar-refractivity contribution in [2.75, 3.05) is 40.3 Å². The van der Waals surface area contributed by atoms with Crippen LogP contribution in [-0.4, -0.2) is 76.8 Å². The van der Waals surface area contributed by atoms with E-state index in [-0.39, 0.29) is 6.03 Å². The number of aliphatic hydroxyl groups is 1. The van der Waals surface area contributed by atoms with Crippen molar-refractivity contribution in [1.29, 1.82) is 0 Å². The summed E-state index contributed by atoms with van der Waals surface area (Å²) in [6, 6.07) is 4.08. The second kappa shape index (κ2) is 7.86. The van der Waals surface area contributed by atoms with Gasteiger partial charge in [-0.3, -0.25) is 0 Å². The first-order valence-electron chi connectivity index (χ1n) is 9.61. The lowest BCUT2D eigenvalue weighted by atomic mass is 9.92. The Labute approximate surface area is 160 Å². The third kappa shape index (κ3) is 4.78. The van der Waals surface area contributed by atoms with E-state index in [4.69, 9.17) is 0 Å². The summed E-state index contributed by atoms with van der Waals surface area (Å²) in [6.07, 6.45) is 2.20. The maximum absolute atomic E-state index is 12.5. The molecule has 27 heavy (non-hydrogen) atoms. The number of β-amino-alcohol motifs (C(OH)–C–C–N with tert-alkyl or cyclic N) is 1. The van der Waals surface area contributed by atoms with Gasteiger partial charge >= 0.3 is 6.03 Å². The van der Waals surface area contributed by atoms with Gasteiger partial charge in [-0.2, -0.15) is 0 Å². The lowest BCUT2D eigenvalue weighted by Crippen LogP contribution is -2.56. The molecule has 0 spiro atoms. The van der Waals surface area contributed by atoms with Crippen molar-refractivity contribution in [1.82, 2.24) is 25.1 Å². The fourth-order valence-corrected chi connectivity index (χ4v) is 3.84. The van der Waals surface area contributed by atoms with Crippen LogP contribution < -0.4 is 5.32 Å². The SMILES string of the molecule is Cc1cc2nc(CCNC(=O)N3CCC[C@](O)(CN(C)C)C3)[nH]c2cc1C. The zero-order chi connectivity index (χ0) is 19.6. The lowest BCUT2D eigenvalue weighted by Gasteiger charge is -2.40. The van der Waals surface area contributed by atoms with E-state index in [0.717, 1.165) is 29.7 Å². The zero-order valence-electron chi connectivity index (χ0n) is 16.8. The highest BCUT2D eigenvalue weighted by Crippen LogP contribution is 2.22. The number of nitrogens with one attached hydrogen (secondary N) is 2. The minimum absolute atomic E-state index is 0.116. The normalized spacial score (nSPS) is 20.4. The van der Waals surface area contributed by atoms with Gasteiger partial charge in [-0.1, -0.05) is 0 Å². The molecule has 1 atom stereocenters. The Balaban J connectivity index is 1.53. The Morgan fingerprint density at radius 3 is 2.85 bits per heavy atom. The number of carbonyl (C=O) groups is 1. The molecule has 7 nitrogen and oxygen atoms in total. The minimum Gasteiger partial charge on any atom is -0.387 e. The van der Waals surface area contributed by atoms with Crippen molar-refractivity contribution < 1.29 is 9.90 Å². The molecule has 0 unspecified atom stereocenters. The van der Waals surface area contributed by atoms with Gasteiger partial charge in [0.2, 0.25) is 0 Å². The van der Waals surface area contributed by atoms with E-state index in [1.54, 1.807) is 4.90 Å². The van der Waals surface area contributed by atoms with Crippen molar-refractivity contribution in [2.45, 2.75) is 38.7 Å². The molecule has 2 aromatic rings. The van der Waals surface area contributed by atoms with Crippen LogP contribution in [0.15, 0.2) is 12.1 Å². The quantitative estimate of drug-likeness (QED) is 0.746. The van der Waals surface area contributed by atoms with Gasteiger partial charge in [0.05, 0.1) is 23.2 Å². The van der Waals surface area contributed by atoms with E-state index >= 15 is 0 Å². The molecule has 2 amide bonds. The third-order valence-corrected chi connectivity index (χ3v) is 5.24. The second-order valence-corrected chi connectivity index (χ2v) is 8.11. The number of imidazole rings is 1. The maximum atomic E-state index is 12.5. The van der Waals surface area contributed by atoms with Crippen LogP contribution in [0, 0.1) is 13.8 Å². The molecule has 1 fully saturated rings. The van der Waals surface area contributed by atoms with Gasteiger partial charge in [0.25, 0.3) is 0 Å². The van der Waals surface area contributed by atoms with E-state index in [1.807, 2.05) is 19.0 Å². The fraction of sp³-hybridized carbons (Fsp3) is 0.600. The zero-order valence-corrected chi connectivity index (χ0v) is 16.8. The Morgan fingerprint density at radius 1 is 1.37 bits per heavy atom. The molecule has 0 radical (unpaired) electrons. The van der Waals surface area contributed by atoms with Crippen LogP contribution in [0.25, 0.3) is 11.0 Å². The molecule has 0 saturated carbocycles. The number of likely N-dealkylation sites (N-methyl/N-ethyl adjacent to an activating group) is 1.